The normalized spacial score (nSPS) is 15.1. The molecule has 0 bridgehead atoms. The third-order valence-electron chi connectivity index (χ3n) is 7.50. The number of hydrogen-bond acceptors (Lipinski definition) is 7. The predicted octanol–water partition coefficient (Wildman–Crippen LogP) is 5.07. The lowest BCUT2D eigenvalue weighted by Gasteiger charge is -2.22. The molecule has 9 heteroatoms. The van der Waals surface area contributed by atoms with Crippen LogP contribution in [0.2, 0.25) is 0 Å². The Kier molecular flexibility index (Phi) is 7.23. The van der Waals surface area contributed by atoms with E-state index >= 15 is 0 Å². The van der Waals surface area contributed by atoms with Crippen LogP contribution in [0.5, 0.6) is 0 Å². The molecule has 5 aromatic rings. The molecule has 0 saturated carbocycles. The molecule has 204 valence electrons. The summed E-state index contributed by atoms with van der Waals surface area (Å²) in [6.45, 7) is 0. The Morgan fingerprint density at radius 3 is 2.67 bits per heavy atom. The second-order valence-electron chi connectivity index (χ2n) is 10.2. The highest BCUT2D eigenvalue weighted by atomic mass is 19.1. The molecule has 8 nitrogen and oxygen atoms in total. The summed E-state index contributed by atoms with van der Waals surface area (Å²) in [6.07, 6.45) is 3.45. The Labute approximate surface area is 229 Å². The van der Waals surface area contributed by atoms with Crippen LogP contribution in [0.25, 0.3) is 28.0 Å². The number of aromatic nitrogens is 4. The molecule has 1 atom stereocenters. The topological polar surface area (TPSA) is 114 Å². The van der Waals surface area contributed by atoms with Gasteiger partial charge in [-0.1, -0.05) is 35.5 Å². The molecular formula is C31H29FN4O4. The fraction of sp³-hybridized carbons (Fsp3) is 0.290. The summed E-state index contributed by atoms with van der Waals surface area (Å²) < 4.78 is 20.8. The van der Waals surface area contributed by atoms with Crippen LogP contribution in [0.1, 0.15) is 60.9 Å². The number of hydrogen-bond donors (Lipinski definition) is 2. The van der Waals surface area contributed by atoms with Crippen LogP contribution < -0.4 is 5.56 Å². The summed E-state index contributed by atoms with van der Waals surface area (Å²) in [5.41, 5.74) is 3.96. The van der Waals surface area contributed by atoms with Crippen LogP contribution in [-0.2, 0) is 12.8 Å². The maximum Gasteiger partial charge on any atom is 0.265 e. The summed E-state index contributed by atoms with van der Waals surface area (Å²) in [5, 5.41) is 23.1. The average Bonchev–Trinajstić information content (AvgIpc) is 3.46. The molecule has 6 rings (SSSR count). The number of unbranched alkanes of at least 4 members (excludes halogenated alkanes) is 1. The van der Waals surface area contributed by atoms with Crippen LogP contribution in [-0.4, -0.2) is 36.2 Å². The van der Waals surface area contributed by atoms with Crippen molar-refractivity contribution in [3.63, 3.8) is 0 Å². The Balaban J connectivity index is 1.37. The predicted molar refractivity (Wildman–Crippen MR) is 148 cm³/mol. The van der Waals surface area contributed by atoms with Gasteiger partial charge in [0.05, 0.1) is 22.5 Å². The summed E-state index contributed by atoms with van der Waals surface area (Å²) >= 11 is 0. The van der Waals surface area contributed by atoms with Gasteiger partial charge in [-0.15, -0.1) is 0 Å². The number of fused-ring (bicyclic) bond motifs is 2. The van der Waals surface area contributed by atoms with Gasteiger partial charge in [-0.2, -0.15) is 4.98 Å². The number of aliphatic hydroxyl groups excluding tert-OH is 1. The van der Waals surface area contributed by atoms with Crippen molar-refractivity contribution in [1.29, 1.82) is 0 Å². The highest BCUT2D eigenvalue weighted by Crippen LogP contribution is 2.36. The van der Waals surface area contributed by atoms with Gasteiger partial charge in [0, 0.05) is 12.0 Å². The van der Waals surface area contributed by atoms with Gasteiger partial charge in [-0.05, 0) is 86.1 Å². The maximum atomic E-state index is 13.7. The summed E-state index contributed by atoms with van der Waals surface area (Å²) in [4.78, 5) is 23.2. The lowest BCUT2D eigenvalue weighted by atomic mass is 9.83. The fourth-order valence-corrected chi connectivity index (χ4v) is 5.51. The zero-order chi connectivity index (χ0) is 27.6. The van der Waals surface area contributed by atoms with Crippen molar-refractivity contribution < 1.29 is 19.1 Å². The van der Waals surface area contributed by atoms with E-state index in [0.29, 0.717) is 59.0 Å². The van der Waals surface area contributed by atoms with Crippen molar-refractivity contribution >= 4 is 10.9 Å². The standard InChI is InChI=1S/C31H29FN4O4/c32-21-13-15-22(16-14-21)36-27(10-3-4-11-28(37)38)33-26-18-20(12-17-25(26)31(36)39)29-34-30(40-35-29)24-9-5-7-19-6-1-2-8-23(19)24/h1-2,6,8,12-18,24,28,37-38H,3-5,7,9-11H2. The summed E-state index contributed by atoms with van der Waals surface area (Å²) in [6, 6.07) is 19.3. The SMILES string of the molecule is O=c1c2ccc(-c3noc(C4CCCc5ccccc54)n3)cc2nc(CCCCC(O)O)n1-c1ccc(F)cc1. The van der Waals surface area contributed by atoms with E-state index in [4.69, 9.17) is 14.5 Å². The van der Waals surface area contributed by atoms with E-state index in [1.807, 2.05) is 6.07 Å². The lowest BCUT2D eigenvalue weighted by molar-refractivity contribution is -0.0465. The van der Waals surface area contributed by atoms with E-state index in [0.717, 1.165) is 19.3 Å². The molecule has 0 amide bonds. The largest absolute Gasteiger partial charge is 0.368 e. The van der Waals surface area contributed by atoms with E-state index < -0.39 is 12.1 Å². The van der Waals surface area contributed by atoms with Gasteiger partial charge in [0.2, 0.25) is 11.7 Å². The molecule has 0 saturated heterocycles. The van der Waals surface area contributed by atoms with E-state index in [-0.39, 0.29) is 17.9 Å². The van der Waals surface area contributed by atoms with Crippen LogP contribution in [0.3, 0.4) is 0 Å². The molecule has 1 aliphatic rings. The quantitative estimate of drug-likeness (QED) is 0.209. The van der Waals surface area contributed by atoms with Crippen molar-refractivity contribution in [1.82, 2.24) is 19.7 Å². The molecule has 0 fully saturated rings. The number of benzene rings is 3. The molecule has 0 aliphatic heterocycles. The molecule has 0 radical (unpaired) electrons. The Morgan fingerprint density at radius 2 is 1.85 bits per heavy atom. The molecule has 3 aromatic carbocycles. The van der Waals surface area contributed by atoms with Crippen molar-refractivity contribution in [2.24, 2.45) is 0 Å². The Morgan fingerprint density at radius 1 is 1.02 bits per heavy atom. The van der Waals surface area contributed by atoms with Crippen LogP contribution in [0.15, 0.2) is 76.0 Å². The van der Waals surface area contributed by atoms with Gasteiger partial charge in [-0.25, -0.2) is 9.37 Å². The van der Waals surface area contributed by atoms with Crippen molar-refractivity contribution in [3.05, 3.63) is 106 Å². The first kappa shape index (κ1) is 26.0. The van der Waals surface area contributed by atoms with Gasteiger partial charge in [0.1, 0.15) is 11.6 Å². The molecule has 1 unspecified atom stereocenters. The second kappa shape index (κ2) is 11.1. The van der Waals surface area contributed by atoms with Gasteiger partial charge in [0.15, 0.2) is 6.29 Å². The molecule has 40 heavy (non-hydrogen) atoms. The number of halogens is 1. The van der Waals surface area contributed by atoms with Gasteiger partial charge in [0.25, 0.3) is 5.56 Å². The first-order valence-electron chi connectivity index (χ1n) is 13.6. The first-order chi connectivity index (χ1) is 19.5. The monoisotopic (exact) mass is 540 g/mol. The minimum Gasteiger partial charge on any atom is -0.368 e. The first-order valence-corrected chi connectivity index (χ1v) is 13.6. The van der Waals surface area contributed by atoms with E-state index in [2.05, 4.69) is 23.4 Å². The molecule has 2 N–H and O–H groups in total. The number of rotatable bonds is 8. The minimum atomic E-state index is -1.38. The van der Waals surface area contributed by atoms with Crippen molar-refractivity contribution in [2.45, 2.75) is 57.2 Å². The van der Waals surface area contributed by atoms with E-state index in [9.17, 15) is 19.4 Å². The second-order valence-corrected chi connectivity index (χ2v) is 10.2. The molecule has 2 heterocycles. The Bertz CT molecular complexity index is 1710. The highest BCUT2D eigenvalue weighted by molar-refractivity contribution is 5.82. The van der Waals surface area contributed by atoms with Crippen LogP contribution in [0.4, 0.5) is 4.39 Å². The Hall–Kier alpha value is -4.21. The third kappa shape index (κ3) is 5.17. The zero-order valence-electron chi connectivity index (χ0n) is 21.8. The smallest absolute Gasteiger partial charge is 0.265 e. The number of nitrogens with zero attached hydrogens (tertiary/aromatic N) is 4. The molecule has 2 aromatic heterocycles. The van der Waals surface area contributed by atoms with Crippen LogP contribution in [0, 0.1) is 5.82 Å². The molecular weight excluding hydrogens is 511 g/mol. The van der Waals surface area contributed by atoms with Gasteiger partial charge in [-0.3, -0.25) is 9.36 Å². The number of aliphatic hydroxyl groups is 2. The zero-order valence-corrected chi connectivity index (χ0v) is 21.8. The minimum absolute atomic E-state index is 0.0525. The average molecular weight is 541 g/mol. The number of aryl methyl sites for hydroxylation is 2. The van der Waals surface area contributed by atoms with E-state index in [1.54, 1.807) is 30.3 Å². The van der Waals surface area contributed by atoms with Crippen molar-refractivity contribution in [2.75, 3.05) is 0 Å². The summed E-state index contributed by atoms with van der Waals surface area (Å²) in [7, 11) is 0. The highest BCUT2D eigenvalue weighted by Gasteiger charge is 2.27. The summed E-state index contributed by atoms with van der Waals surface area (Å²) in [5.74, 6) is 1.17. The van der Waals surface area contributed by atoms with Gasteiger partial charge < -0.3 is 14.7 Å². The van der Waals surface area contributed by atoms with Gasteiger partial charge >= 0.3 is 0 Å². The van der Waals surface area contributed by atoms with Crippen molar-refractivity contribution in [3.8, 4) is 17.1 Å². The fourth-order valence-electron chi connectivity index (χ4n) is 5.51. The third-order valence-corrected chi connectivity index (χ3v) is 7.50. The molecule has 0 spiro atoms. The maximum absolute atomic E-state index is 13.7. The molecule has 1 aliphatic carbocycles. The van der Waals surface area contributed by atoms with E-state index in [1.165, 1.54) is 27.8 Å². The lowest BCUT2D eigenvalue weighted by Crippen LogP contribution is -2.24. The van der Waals surface area contributed by atoms with Crippen LogP contribution >= 0.6 is 0 Å².